The average molecular weight is 269 g/mol. The van der Waals surface area contributed by atoms with Crippen molar-refractivity contribution >= 4 is 22.6 Å². The van der Waals surface area contributed by atoms with E-state index in [4.69, 9.17) is 4.74 Å². The molecule has 1 aliphatic rings. The first-order valence-corrected chi connectivity index (χ1v) is 5.38. The highest BCUT2D eigenvalue weighted by Gasteiger charge is 2.27. The molecule has 0 aromatic carbocycles. The van der Waals surface area contributed by atoms with E-state index in [9.17, 15) is 0 Å². The number of nitrogens with one attached hydrogen (secondary N) is 1. The summed E-state index contributed by atoms with van der Waals surface area (Å²) in [6.07, 6.45) is 0.352. The molecule has 0 aromatic rings. The van der Waals surface area contributed by atoms with Crippen LogP contribution in [-0.4, -0.2) is 22.8 Å². The Bertz CT molecular complexity index is 129. The van der Waals surface area contributed by atoms with Crippen LogP contribution in [-0.2, 0) is 4.74 Å². The van der Waals surface area contributed by atoms with E-state index in [1.807, 2.05) is 0 Å². The van der Waals surface area contributed by atoms with Crippen molar-refractivity contribution in [3.05, 3.63) is 0 Å². The van der Waals surface area contributed by atoms with Crippen molar-refractivity contribution in [2.45, 2.75) is 37.0 Å². The Kier molecular flexibility index (Phi) is 3.58. The minimum Gasteiger partial charge on any atom is -0.362 e. The van der Waals surface area contributed by atoms with Crippen LogP contribution in [0.5, 0.6) is 0 Å². The van der Waals surface area contributed by atoms with Crippen LogP contribution < -0.4 is 5.32 Å². The highest BCUT2D eigenvalue weighted by Crippen LogP contribution is 2.18. The molecule has 0 radical (unpaired) electrons. The summed E-state index contributed by atoms with van der Waals surface area (Å²) in [6, 6.07) is 0.529. The van der Waals surface area contributed by atoms with Crippen molar-refractivity contribution in [2.24, 2.45) is 5.92 Å². The zero-order valence-electron chi connectivity index (χ0n) is 7.30. The van der Waals surface area contributed by atoms with Crippen molar-refractivity contribution in [3.63, 3.8) is 0 Å². The number of halogens is 1. The molecule has 0 spiro atoms. The molecule has 1 N–H and O–H groups in total. The highest BCUT2D eigenvalue weighted by molar-refractivity contribution is 14.1. The van der Waals surface area contributed by atoms with Gasteiger partial charge < -0.3 is 10.1 Å². The summed E-state index contributed by atoms with van der Waals surface area (Å²) >= 11 is 2.32. The fraction of sp³-hybridized carbons (Fsp3) is 1.00. The predicted molar refractivity (Wildman–Crippen MR) is 55.0 cm³/mol. The van der Waals surface area contributed by atoms with Gasteiger partial charge in [0.25, 0.3) is 0 Å². The van der Waals surface area contributed by atoms with E-state index in [2.05, 4.69) is 48.7 Å². The van der Waals surface area contributed by atoms with Crippen molar-refractivity contribution in [1.82, 2.24) is 5.32 Å². The lowest BCUT2D eigenvalue weighted by Gasteiger charge is -2.35. The molecule has 3 atom stereocenters. The lowest BCUT2D eigenvalue weighted by Crippen LogP contribution is -2.52. The van der Waals surface area contributed by atoms with E-state index < -0.39 is 0 Å². The molecule has 1 rings (SSSR count). The maximum atomic E-state index is 5.68. The topological polar surface area (TPSA) is 21.3 Å². The number of rotatable bonds is 1. The van der Waals surface area contributed by atoms with Crippen LogP contribution in [0.2, 0.25) is 0 Å². The summed E-state index contributed by atoms with van der Waals surface area (Å²) in [5.74, 6) is 0.661. The molecule has 3 unspecified atom stereocenters. The SMILES string of the molecule is CC(C)C1NCC(I)OC1C. The first kappa shape index (κ1) is 9.74. The molecule has 1 saturated heterocycles. The second-order valence-electron chi connectivity index (χ2n) is 3.43. The number of hydrogen-bond donors (Lipinski definition) is 1. The second kappa shape index (κ2) is 4.05. The summed E-state index contributed by atoms with van der Waals surface area (Å²) in [7, 11) is 0. The van der Waals surface area contributed by atoms with Gasteiger partial charge in [-0.05, 0) is 35.4 Å². The zero-order valence-corrected chi connectivity index (χ0v) is 9.46. The van der Waals surface area contributed by atoms with Crippen LogP contribution in [0.4, 0.5) is 0 Å². The maximum absolute atomic E-state index is 5.68. The van der Waals surface area contributed by atoms with Gasteiger partial charge >= 0.3 is 0 Å². The Hall–Kier alpha value is 0.650. The van der Waals surface area contributed by atoms with Crippen LogP contribution in [0.1, 0.15) is 20.8 Å². The molecule has 0 bridgehead atoms. The summed E-state index contributed by atoms with van der Waals surface area (Å²) in [5, 5.41) is 3.49. The molecule has 2 nitrogen and oxygen atoms in total. The lowest BCUT2D eigenvalue weighted by atomic mass is 9.98. The quantitative estimate of drug-likeness (QED) is 0.578. The molecule has 1 fully saturated rings. The summed E-state index contributed by atoms with van der Waals surface area (Å²) in [4.78, 5) is 0. The van der Waals surface area contributed by atoms with Gasteiger partial charge in [-0.1, -0.05) is 13.8 Å². The second-order valence-corrected chi connectivity index (χ2v) is 4.82. The molecule has 1 aliphatic heterocycles. The molecule has 0 amide bonds. The number of alkyl halides is 1. The third-order valence-corrected chi connectivity index (χ3v) is 2.83. The van der Waals surface area contributed by atoms with Crippen LogP contribution in [0, 0.1) is 5.92 Å². The summed E-state index contributed by atoms with van der Waals surface area (Å²) in [6.45, 7) is 7.58. The number of hydrogen-bond acceptors (Lipinski definition) is 2. The van der Waals surface area contributed by atoms with E-state index in [1.165, 1.54) is 0 Å². The summed E-state index contributed by atoms with van der Waals surface area (Å²) < 4.78 is 6.03. The summed E-state index contributed by atoms with van der Waals surface area (Å²) in [5.41, 5.74) is 0. The van der Waals surface area contributed by atoms with Crippen molar-refractivity contribution in [1.29, 1.82) is 0 Å². The van der Waals surface area contributed by atoms with Crippen molar-refractivity contribution in [2.75, 3.05) is 6.54 Å². The third-order valence-electron chi connectivity index (χ3n) is 2.10. The molecular weight excluding hydrogens is 253 g/mol. The molecular formula is C8H16INO. The van der Waals surface area contributed by atoms with Crippen LogP contribution in [0.3, 0.4) is 0 Å². The molecule has 0 aromatic heterocycles. The average Bonchev–Trinajstić information content (AvgIpc) is 1.85. The van der Waals surface area contributed by atoms with Gasteiger partial charge in [-0.3, -0.25) is 0 Å². The molecule has 0 saturated carbocycles. The molecule has 0 aliphatic carbocycles. The first-order valence-electron chi connectivity index (χ1n) is 4.14. The Morgan fingerprint density at radius 1 is 1.55 bits per heavy atom. The van der Waals surface area contributed by atoms with E-state index in [-0.39, 0.29) is 0 Å². The minimum absolute atomic E-state index is 0.345. The van der Waals surface area contributed by atoms with Gasteiger partial charge in [0.1, 0.15) is 4.11 Å². The largest absolute Gasteiger partial charge is 0.362 e. The molecule has 11 heavy (non-hydrogen) atoms. The van der Waals surface area contributed by atoms with Gasteiger partial charge in [0.05, 0.1) is 6.10 Å². The van der Waals surface area contributed by atoms with Crippen LogP contribution in [0.15, 0.2) is 0 Å². The standard InChI is InChI=1S/C8H16INO/c1-5(2)8-6(3)11-7(9)4-10-8/h5-8,10H,4H2,1-3H3. The molecule has 1 heterocycles. The van der Waals surface area contributed by atoms with E-state index in [0.717, 1.165) is 6.54 Å². The Morgan fingerprint density at radius 2 is 2.18 bits per heavy atom. The van der Waals surface area contributed by atoms with Gasteiger partial charge in [0.15, 0.2) is 0 Å². The number of ether oxygens (including phenoxy) is 1. The minimum atomic E-state index is 0.345. The maximum Gasteiger partial charge on any atom is 0.121 e. The monoisotopic (exact) mass is 269 g/mol. The molecule has 3 heteroatoms. The fourth-order valence-corrected chi connectivity index (χ4v) is 2.26. The third kappa shape index (κ3) is 2.56. The van der Waals surface area contributed by atoms with Crippen LogP contribution >= 0.6 is 22.6 Å². The smallest absolute Gasteiger partial charge is 0.121 e. The lowest BCUT2D eigenvalue weighted by molar-refractivity contribution is -0.0145. The van der Waals surface area contributed by atoms with E-state index in [1.54, 1.807) is 0 Å². The normalized spacial score (nSPS) is 39.5. The van der Waals surface area contributed by atoms with E-state index >= 15 is 0 Å². The number of morpholine rings is 1. The highest BCUT2D eigenvalue weighted by atomic mass is 127. The Balaban J connectivity index is 2.44. The molecule has 66 valence electrons. The van der Waals surface area contributed by atoms with Gasteiger partial charge in [-0.15, -0.1) is 0 Å². The Labute approximate surface area is 82.2 Å². The van der Waals surface area contributed by atoms with Gasteiger partial charge in [-0.2, -0.15) is 0 Å². The van der Waals surface area contributed by atoms with Gasteiger partial charge in [-0.25, -0.2) is 0 Å². The zero-order chi connectivity index (χ0) is 8.43. The Morgan fingerprint density at radius 3 is 2.64 bits per heavy atom. The fourth-order valence-electron chi connectivity index (χ4n) is 1.54. The van der Waals surface area contributed by atoms with Gasteiger partial charge in [0, 0.05) is 12.6 Å². The first-order chi connectivity index (χ1) is 5.11. The predicted octanol–water partition coefficient (Wildman–Crippen LogP) is 1.78. The van der Waals surface area contributed by atoms with Gasteiger partial charge in [0.2, 0.25) is 0 Å². The van der Waals surface area contributed by atoms with Crippen molar-refractivity contribution < 1.29 is 4.74 Å². The van der Waals surface area contributed by atoms with Crippen LogP contribution in [0.25, 0.3) is 0 Å². The van der Waals surface area contributed by atoms with E-state index in [0.29, 0.717) is 22.2 Å². The van der Waals surface area contributed by atoms with Crippen molar-refractivity contribution in [3.8, 4) is 0 Å².